The molecule has 0 fully saturated rings. The van der Waals surface area contributed by atoms with Gasteiger partial charge in [-0.15, -0.1) is 0 Å². The summed E-state index contributed by atoms with van der Waals surface area (Å²) in [5.41, 5.74) is 0.224. The Hall–Kier alpha value is -1.91. The molecule has 0 aromatic heterocycles. The molecule has 0 saturated carbocycles. The average Bonchev–Trinajstić information content (AvgIpc) is 2.37. The normalized spacial score (nSPS) is 14.4. The first-order valence-electron chi connectivity index (χ1n) is 5.53. The third-order valence-electron chi connectivity index (χ3n) is 2.75. The number of carbonyl (C=O) groups is 1. The molecule has 0 radical (unpaired) electrons. The van der Waals surface area contributed by atoms with Gasteiger partial charge in [-0.2, -0.15) is 5.26 Å². The van der Waals surface area contributed by atoms with Crippen LogP contribution in [-0.2, 0) is 14.8 Å². The van der Waals surface area contributed by atoms with E-state index in [4.69, 9.17) is 10.4 Å². The molecule has 2 atom stereocenters. The van der Waals surface area contributed by atoms with E-state index in [0.717, 1.165) is 0 Å². The van der Waals surface area contributed by atoms with Gasteiger partial charge in [0.05, 0.1) is 22.4 Å². The van der Waals surface area contributed by atoms with Crippen molar-refractivity contribution in [1.29, 1.82) is 5.26 Å². The quantitative estimate of drug-likeness (QED) is 0.836. The summed E-state index contributed by atoms with van der Waals surface area (Å²) < 4.78 is 26.3. The standard InChI is InChI=1S/C12H14N2O4S/c1-8(12(15)16)9(2)14-19(17,18)11-5-3-4-10(6-11)7-13/h3-6,8-9,14H,1-2H3,(H,15,16). The van der Waals surface area contributed by atoms with Crippen LogP contribution in [-0.4, -0.2) is 25.5 Å². The van der Waals surface area contributed by atoms with Crippen molar-refractivity contribution in [3.8, 4) is 6.07 Å². The maximum Gasteiger partial charge on any atom is 0.307 e. The van der Waals surface area contributed by atoms with Crippen molar-refractivity contribution in [3.05, 3.63) is 29.8 Å². The van der Waals surface area contributed by atoms with Gasteiger partial charge in [0.2, 0.25) is 10.0 Å². The van der Waals surface area contributed by atoms with Gasteiger partial charge in [0, 0.05) is 6.04 Å². The van der Waals surface area contributed by atoms with Gasteiger partial charge in [0.25, 0.3) is 0 Å². The SMILES string of the molecule is CC(NS(=O)(=O)c1cccc(C#N)c1)C(C)C(=O)O. The molecule has 102 valence electrons. The Morgan fingerprint density at radius 3 is 2.58 bits per heavy atom. The third kappa shape index (κ3) is 3.77. The fourth-order valence-corrected chi connectivity index (χ4v) is 2.73. The lowest BCUT2D eigenvalue weighted by atomic mass is 10.1. The minimum Gasteiger partial charge on any atom is -0.481 e. The smallest absolute Gasteiger partial charge is 0.307 e. The minimum absolute atomic E-state index is 0.0593. The number of carboxylic acids is 1. The van der Waals surface area contributed by atoms with Crippen molar-refractivity contribution < 1.29 is 18.3 Å². The molecule has 0 aliphatic rings. The van der Waals surface area contributed by atoms with Crippen molar-refractivity contribution in [2.24, 2.45) is 5.92 Å². The number of nitrogens with zero attached hydrogens (tertiary/aromatic N) is 1. The molecule has 0 heterocycles. The minimum atomic E-state index is -3.84. The Kier molecular flexibility index (Phi) is 4.64. The predicted molar refractivity (Wildman–Crippen MR) is 67.7 cm³/mol. The Morgan fingerprint density at radius 2 is 2.05 bits per heavy atom. The molecule has 2 unspecified atom stereocenters. The lowest BCUT2D eigenvalue weighted by Gasteiger charge is -2.17. The number of aliphatic carboxylic acids is 1. The van der Waals surface area contributed by atoms with E-state index in [1.807, 2.05) is 6.07 Å². The average molecular weight is 282 g/mol. The molecular formula is C12H14N2O4S. The van der Waals surface area contributed by atoms with Crippen LogP contribution in [0.25, 0.3) is 0 Å². The number of rotatable bonds is 5. The summed E-state index contributed by atoms with van der Waals surface area (Å²) in [6.07, 6.45) is 0. The Morgan fingerprint density at radius 1 is 1.42 bits per heavy atom. The van der Waals surface area contributed by atoms with Gasteiger partial charge in [-0.3, -0.25) is 4.79 Å². The lowest BCUT2D eigenvalue weighted by molar-refractivity contribution is -0.141. The topological polar surface area (TPSA) is 107 Å². The van der Waals surface area contributed by atoms with Gasteiger partial charge in [-0.05, 0) is 25.1 Å². The van der Waals surface area contributed by atoms with Crippen molar-refractivity contribution >= 4 is 16.0 Å². The highest BCUT2D eigenvalue weighted by molar-refractivity contribution is 7.89. The van der Waals surface area contributed by atoms with Gasteiger partial charge in [-0.1, -0.05) is 13.0 Å². The highest BCUT2D eigenvalue weighted by atomic mass is 32.2. The second-order valence-electron chi connectivity index (χ2n) is 4.18. The highest BCUT2D eigenvalue weighted by Crippen LogP contribution is 2.13. The zero-order valence-corrected chi connectivity index (χ0v) is 11.3. The van der Waals surface area contributed by atoms with E-state index in [1.54, 1.807) is 0 Å². The van der Waals surface area contributed by atoms with Crippen molar-refractivity contribution in [3.63, 3.8) is 0 Å². The molecule has 0 saturated heterocycles. The Labute approximate surface area is 111 Å². The Bertz CT molecular complexity index is 619. The fraction of sp³-hybridized carbons (Fsp3) is 0.333. The molecule has 0 spiro atoms. The van der Waals surface area contributed by atoms with Crippen LogP contribution in [0.3, 0.4) is 0 Å². The third-order valence-corrected chi connectivity index (χ3v) is 4.31. The van der Waals surface area contributed by atoms with E-state index in [9.17, 15) is 13.2 Å². The van der Waals surface area contributed by atoms with Gasteiger partial charge < -0.3 is 5.11 Å². The largest absolute Gasteiger partial charge is 0.481 e. The lowest BCUT2D eigenvalue weighted by Crippen LogP contribution is -2.39. The highest BCUT2D eigenvalue weighted by Gasteiger charge is 2.25. The van der Waals surface area contributed by atoms with Crippen LogP contribution >= 0.6 is 0 Å². The van der Waals surface area contributed by atoms with Gasteiger partial charge in [0.15, 0.2) is 0 Å². The number of benzene rings is 1. The first-order chi connectivity index (χ1) is 8.77. The molecule has 0 bridgehead atoms. The van der Waals surface area contributed by atoms with Crippen LogP contribution < -0.4 is 4.72 Å². The molecule has 1 rings (SSSR count). The number of nitriles is 1. The summed E-state index contributed by atoms with van der Waals surface area (Å²) in [5.74, 6) is -1.94. The monoisotopic (exact) mass is 282 g/mol. The Balaban J connectivity index is 2.99. The first-order valence-corrected chi connectivity index (χ1v) is 7.01. The molecule has 1 aromatic carbocycles. The summed E-state index contributed by atoms with van der Waals surface area (Å²) in [7, 11) is -3.84. The summed E-state index contributed by atoms with van der Waals surface area (Å²) in [6.45, 7) is 2.89. The fourth-order valence-electron chi connectivity index (χ4n) is 1.36. The first kappa shape index (κ1) is 15.1. The van der Waals surface area contributed by atoms with E-state index in [1.165, 1.54) is 38.1 Å². The maximum absolute atomic E-state index is 12.0. The number of hydrogen-bond donors (Lipinski definition) is 2. The number of hydrogen-bond acceptors (Lipinski definition) is 4. The maximum atomic E-state index is 12.0. The van der Waals surface area contributed by atoms with Gasteiger partial charge >= 0.3 is 5.97 Å². The number of sulfonamides is 1. The molecule has 6 nitrogen and oxygen atoms in total. The van der Waals surface area contributed by atoms with E-state index < -0.39 is 28.0 Å². The molecule has 2 N–H and O–H groups in total. The van der Waals surface area contributed by atoms with E-state index in [0.29, 0.717) is 0 Å². The van der Waals surface area contributed by atoms with E-state index in [2.05, 4.69) is 4.72 Å². The molecule has 7 heteroatoms. The van der Waals surface area contributed by atoms with Crippen molar-refractivity contribution in [2.45, 2.75) is 24.8 Å². The summed E-state index contributed by atoms with van der Waals surface area (Å²) in [4.78, 5) is 10.7. The van der Waals surface area contributed by atoms with Crippen LogP contribution in [0.15, 0.2) is 29.2 Å². The number of carboxylic acid groups (broad SMARTS) is 1. The summed E-state index contributed by atoms with van der Waals surface area (Å²) >= 11 is 0. The number of nitrogens with one attached hydrogen (secondary N) is 1. The van der Waals surface area contributed by atoms with Crippen LogP contribution in [0.5, 0.6) is 0 Å². The van der Waals surface area contributed by atoms with Crippen LogP contribution in [0, 0.1) is 17.2 Å². The summed E-state index contributed by atoms with van der Waals surface area (Å²) in [5, 5.41) is 17.6. The van der Waals surface area contributed by atoms with Gasteiger partial charge in [-0.25, -0.2) is 13.1 Å². The molecule has 0 amide bonds. The second kappa shape index (κ2) is 5.82. The van der Waals surface area contributed by atoms with Crippen LogP contribution in [0.1, 0.15) is 19.4 Å². The van der Waals surface area contributed by atoms with Crippen LogP contribution in [0.2, 0.25) is 0 Å². The van der Waals surface area contributed by atoms with E-state index in [-0.39, 0.29) is 10.5 Å². The summed E-state index contributed by atoms with van der Waals surface area (Å²) in [6, 6.07) is 6.62. The van der Waals surface area contributed by atoms with Gasteiger partial charge in [0.1, 0.15) is 0 Å². The van der Waals surface area contributed by atoms with E-state index >= 15 is 0 Å². The molecule has 0 aliphatic heterocycles. The predicted octanol–water partition coefficient (Wildman–Crippen LogP) is 0.946. The molecule has 0 aliphatic carbocycles. The van der Waals surface area contributed by atoms with Crippen LogP contribution in [0.4, 0.5) is 0 Å². The molecule has 1 aromatic rings. The zero-order chi connectivity index (χ0) is 14.6. The molecular weight excluding hydrogens is 268 g/mol. The molecule has 19 heavy (non-hydrogen) atoms. The van der Waals surface area contributed by atoms with Crippen molar-refractivity contribution in [1.82, 2.24) is 4.72 Å². The van der Waals surface area contributed by atoms with Crippen molar-refractivity contribution in [2.75, 3.05) is 0 Å². The zero-order valence-electron chi connectivity index (χ0n) is 10.5. The second-order valence-corrected chi connectivity index (χ2v) is 5.89.